The van der Waals surface area contributed by atoms with Gasteiger partial charge in [-0.2, -0.15) is 13.2 Å². The van der Waals surface area contributed by atoms with E-state index in [0.29, 0.717) is 35.7 Å². The molecule has 4 rings (SSSR count). The molecule has 2 aromatic carbocycles. The zero-order valence-corrected chi connectivity index (χ0v) is 16.5. The van der Waals surface area contributed by atoms with E-state index >= 15 is 0 Å². The average molecular weight is 451 g/mol. The Morgan fingerprint density at radius 1 is 1.12 bits per heavy atom. The topological polar surface area (TPSA) is 77.2 Å². The Labute approximate surface area is 179 Å². The van der Waals surface area contributed by atoms with Gasteiger partial charge in [-0.05, 0) is 41.8 Å². The predicted octanol–water partition coefficient (Wildman–Crippen LogP) is 4.38. The van der Waals surface area contributed by atoms with Crippen LogP contribution in [-0.2, 0) is 17.4 Å². The quantitative estimate of drug-likeness (QED) is 0.565. The smallest absolute Gasteiger partial charge is 0.419 e. The molecule has 1 aliphatic carbocycles. The number of carbonyl (C=O) groups is 1. The SMILES string of the molecule is Nc1cc2c(CC(=O)N[C@H]3C[C@H](Oc4ccc(F)c(C(F)(F)F)c4)C3)c(F)ccc2cn1. The van der Waals surface area contributed by atoms with Gasteiger partial charge in [0.1, 0.15) is 29.3 Å². The van der Waals surface area contributed by atoms with Crippen molar-refractivity contribution in [1.82, 2.24) is 10.3 Å². The molecule has 1 aromatic heterocycles. The zero-order chi connectivity index (χ0) is 23.0. The van der Waals surface area contributed by atoms with Crippen molar-refractivity contribution in [2.45, 2.75) is 37.6 Å². The Morgan fingerprint density at radius 3 is 2.56 bits per heavy atom. The number of nitrogen functional groups attached to an aromatic ring is 1. The molecule has 0 unspecified atom stereocenters. The number of carbonyl (C=O) groups excluding carboxylic acids is 1. The molecule has 0 saturated heterocycles. The number of hydrogen-bond donors (Lipinski definition) is 2. The number of aromatic nitrogens is 1. The third kappa shape index (κ3) is 4.58. The summed E-state index contributed by atoms with van der Waals surface area (Å²) in [6, 6.07) is 6.49. The highest BCUT2D eigenvalue weighted by molar-refractivity contribution is 5.91. The molecule has 1 aliphatic rings. The molecule has 0 aliphatic heterocycles. The van der Waals surface area contributed by atoms with E-state index in [1.165, 1.54) is 18.3 Å². The van der Waals surface area contributed by atoms with Crippen LogP contribution in [0, 0.1) is 11.6 Å². The number of amides is 1. The van der Waals surface area contributed by atoms with Crippen LogP contribution in [0.4, 0.5) is 27.8 Å². The van der Waals surface area contributed by atoms with Crippen molar-refractivity contribution in [2.24, 2.45) is 0 Å². The first-order valence-electron chi connectivity index (χ1n) is 9.75. The zero-order valence-electron chi connectivity index (χ0n) is 16.5. The first-order chi connectivity index (χ1) is 15.1. The van der Waals surface area contributed by atoms with Gasteiger partial charge in [0.2, 0.25) is 5.91 Å². The number of rotatable bonds is 5. The van der Waals surface area contributed by atoms with Crippen LogP contribution in [0.2, 0.25) is 0 Å². The number of nitrogens with two attached hydrogens (primary N) is 1. The number of nitrogens with one attached hydrogen (secondary N) is 1. The minimum absolute atomic E-state index is 0.0995. The number of alkyl halides is 3. The fourth-order valence-corrected chi connectivity index (χ4v) is 3.65. The van der Waals surface area contributed by atoms with Gasteiger partial charge >= 0.3 is 6.18 Å². The van der Waals surface area contributed by atoms with Crippen LogP contribution in [0.25, 0.3) is 10.8 Å². The summed E-state index contributed by atoms with van der Waals surface area (Å²) in [4.78, 5) is 16.4. The number of hydrogen-bond acceptors (Lipinski definition) is 4. The van der Waals surface area contributed by atoms with Gasteiger partial charge in [-0.15, -0.1) is 0 Å². The maximum atomic E-state index is 14.3. The summed E-state index contributed by atoms with van der Waals surface area (Å²) in [5, 5.41) is 3.91. The molecule has 1 saturated carbocycles. The van der Waals surface area contributed by atoms with E-state index in [2.05, 4.69) is 10.3 Å². The lowest BCUT2D eigenvalue weighted by molar-refractivity contribution is -0.140. The number of halogens is 5. The molecule has 0 radical (unpaired) electrons. The summed E-state index contributed by atoms with van der Waals surface area (Å²) in [6.45, 7) is 0. The van der Waals surface area contributed by atoms with Gasteiger partial charge in [-0.25, -0.2) is 13.8 Å². The Hall–Kier alpha value is -3.43. The molecule has 0 spiro atoms. The maximum absolute atomic E-state index is 14.3. The van der Waals surface area contributed by atoms with Crippen molar-refractivity contribution in [3.05, 3.63) is 65.4 Å². The van der Waals surface area contributed by atoms with Gasteiger partial charge in [0.05, 0.1) is 12.0 Å². The largest absolute Gasteiger partial charge is 0.490 e. The molecule has 0 bridgehead atoms. The van der Waals surface area contributed by atoms with Gasteiger partial charge in [0, 0.05) is 36.0 Å². The lowest BCUT2D eigenvalue weighted by atomic mass is 9.89. The molecular weight excluding hydrogens is 433 g/mol. The van der Waals surface area contributed by atoms with E-state index in [9.17, 15) is 26.7 Å². The van der Waals surface area contributed by atoms with Gasteiger partial charge in [0.25, 0.3) is 0 Å². The van der Waals surface area contributed by atoms with Crippen LogP contribution in [-0.4, -0.2) is 23.0 Å². The van der Waals surface area contributed by atoms with Crippen LogP contribution in [0.1, 0.15) is 24.0 Å². The second-order valence-corrected chi connectivity index (χ2v) is 7.65. The molecule has 5 nitrogen and oxygen atoms in total. The molecular formula is C22H18F5N3O2. The van der Waals surface area contributed by atoms with E-state index < -0.39 is 35.4 Å². The molecule has 10 heteroatoms. The minimum atomic E-state index is -4.82. The van der Waals surface area contributed by atoms with Gasteiger partial charge in [-0.3, -0.25) is 4.79 Å². The number of benzene rings is 2. The van der Waals surface area contributed by atoms with E-state index in [0.717, 1.165) is 6.07 Å². The lowest BCUT2D eigenvalue weighted by Crippen LogP contribution is -2.49. The Balaban J connectivity index is 1.35. The Morgan fingerprint density at radius 2 is 1.84 bits per heavy atom. The molecule has 32 heavy (non-hydrogen) atoms. The van der Waals surface area contributed by atoms with E-state index in [1.807, 2.05) is 0 Å². The molecule has 1 amide bonds. The minimum Gasteiger partial charge on any atom is -0.490 e. The first kappa shape index (κ1) is 21.8. The summed E-state index contributed by atoms with van der Waals surface area (Å²) in [6.07, 6.45) is -3.23. The Bertz CT molecular complexity index is 1170. The number of ether oxygens (including phenoxy) is 1. The summed E-state index contributed by atoms with van der Waals surface area (Å²) < 4.78 is 71.6. The Kier molecular flexibility index (Phi) is 5.62. The van der Waals surface area contributed by atoms with Crippen molar-refractivity contribution < 1.29 is 31.5 Å². The average Bonchev–Trinajstić information content (AvgIpc) is 2.69. The number of nitrogens with zero attached hydrogens (tertiary/aromatic N) is 1. The van der Waals surface area contributed by atoms with Crippen molar-refractivity contribution in [1.29, 1.82) is 0 Å². The van der Waals surface area contributed by atoms with Gasteiger partial charge < -0.3 is 15.8 Å². The second kappa shape index (κ2) is 8.25. The standard InChI is InChI=1S/C22H18F5N3O2/c23-18-3-1-11-10-29-20(28)8-15(11)16(18)9-21(31)30-12-5-14(6-12)32-13-2-4-19(24)17(7-13)22(25,26)27/h1-4,7-8,10,12,14H,5-6,9H2,(H2,28,29)(H,30,31)/t12-,14-. The highest BCUT2D eigenvalue weighted by atomic mass is 19.4. The summed E-state index contributed by atoms with van der Waals surface area (Å²) >= 11 is 0. The van der Waals surface area contributed by atoms with E-state index in [4.69, 9.17) is 10.5 Å². The third-order valence-electron chi connectivity index (χ3n) is 5.32. The van der Waals surface area contributed by atoms with Gasteiger partial charge in [0.15, 0.2) is 0 Å². The first-order valence-corrected chi connectivity index (χ1v) is 9.75. The number of fused-ring (bicyclic) bond motifs is 1. The van der Waals surface area contributed by atoms with E-state index in [1.54, 1.807) is 6.07 Å². The highest BCUT2D eigenvalue weighted by Gasteiger charge is 2.36. The number of pyridine rings is 1. The van der Waals surface area contributed by atoms with Crippen LogP contribution in [0.3, 0.4) is 0 Å². The summed E-state index contributed by atoms with van der Waals surface area (Å²) in [5.74, 6) is -2.21. The van der Waals surface area contributed by atoms with Crippen molar-refractivity contribution in [3.8, 4) is 5.75 Å². The van der Waals surface area contributed by atoms with Crippen LogP contribution < -0.4 is 15.8 Å². The van der Waals surface area contributed by atoms with Crippen LogP contribution in [0.15, 0.2) is 42.6 Å². The van der Waals surface area contributed by atoms with Crippen molar-refractivity contribution in [3.63, 3.8) is 0 Å². The molecule has 0 atom stereocenters. The molecule has 3 aromatic rings. The van der Waals surface area contributed by atoms with Gasteiger partial charge in [-0.1, -0.05) is 0 Å². The second-order valence-electron chi connectivity index (χ2n) is 7.65. The molecule has 168 valence electrons. The summed E-state index contributed by atoms with van der Waals surface area (Å²) in [5.41, 5.74) is 4.48. The fourth-order valence-electron chi connectivity index (χ4n) is 3.65. The van der Waals surface area contributed by atoms with Crippen molar-refractivity contribution >= 4 is 22.5 Å². The molecule has 3 N–H and O–H groups in total. The lowest BCUT2D eigenvalue weighted by Gasteiger charge is -2.36. The van der Waals surface area contributed by atoms with Crippen LogP contribution in [0.5, 0.6) is 5.75 Å². The number of anilines is 1. The maximum Gasteiger partial charge on any atom is 0.419 e. The predicted molar refractivity (Wildman–Crippen MR) is 107 cm³/mol. The monoisotopic (exact) mass is 451 g/mol. The fraction of sp³-hybridized carbons (Fsp3) is 0.273. The van der Waals surface area contributed by atoms with E-state index in [-0.39, 0.29) is 29.6 Å². The summed E-state index contributed by atoms with van der Waals surface area (Å²) in [7, 11) is 0. The molecule has 1 heterocycles. The highest BCUT2D eigenvalue weighted by Crippen LogP contribution is 2.35. The van der Waals surface area contributed by atoms with Crippen molar-refractivity contribution in [2.75, 3.05) is 5.73 Å². The van der Waals surface area contributed by atoms with Crippen LogP contribution >= 0.6 is 0 Å². The third-order valence-corrected chi connectivity index (χ3v) is 5.32. The normalized spacial score (nSPS) is 18.3. The molecule has 1 fully saturated rings.